The summed E-state index contributed by atoms with van der Waals surface area (Å²) in [7, 11) is 0. The fourth-order valence-electron chi connectivity index (χ4n) is 3.30. The summed E-state index contributed by atoms with van der Waals surface area (Å²) in [6.45, 7) is 4.04. The van der Waals surface area contributed by atoms with E-state index < -0.39 is 17.9 Å². The minimum Gasteiger partial charge on any atom is -0.478 e. The molecule has 8 heteroatoms. The van der Waals surface area contributed by atoms with Gasteiger partial charge in [-0.25, -0.2) is 14.4 Å². The van der Waals surface area contributed by atoms with Crippen molar-refractivity contribution in [2.75, 3.05) is 0 Å². The van der Waals surface area contributed by atoms with E-state index in [1.807, 2.05) is 19.9 Å². The summed E-state index contributed by atoms with van der Waals surface area (Å²) in [6, 6.07) is 12.3. The molecule has 8 nitrogen and oxygen atoms in total. The van der Waals surface area contributed by atoms with Crippen LogP contribution in [0.4, 0.5) is 0 Å². The van der Waals surface area contributed by atoms with Crippen molar-refractivity contribution in [3.05, 3.63) is 87.7 Å². The van der Waals surface area contributed by atoms with E-state index in [0.717, 1.165) is 28.6 Å². The molecular formula is C23H20N2O6. The largest absolute Gasteiger partial charge is 0.478 e. The van der Waals surface area contributed by atoms with Crippen LogP contribution in [0.3, 0.4) is 0 Å². The lowest BCUT2D eigenvalue weighted by molar-refractivity contribution is 0.0682. The van der Waals surface area contributed by atoms with E-state index in [4.69, 9.17) is 5.11 Å². The summed E-state index contributed by atoms with van der Waals surface area (Å²) >= 11 is 0. The van der Waals surface area contributed by atoms with E-state index >= 15 is 0 Å². The van der Waals surface area contributed by atoms with Crippen molar-refractivity contribution in [2.24, 2.45) is 4.99 Å². The summed E-state index contributed by atoms with van der Waals surface area (Å²) in [5.74, 6) is -3.40. The number of aromatic carboxylic acids is 3. The average molecular weight is 420 g/mol. The molecule has 2 aromatic carbocycles. The number of aliphatic imine (C=N–C) groups is 1. The van der Waals surface area contributed by atoms with Crippen LogP contribution in [-0.2, 0) is 6.54 Å². The van der Waals surface area contributed by atoms with Crippen LogP contribution in [-0.4, -0.2) is 44.0 Å². The Morgan fingerprint density at radius 1 is 0.839 bits per heavy atom. The lowest BCUT2D eigenvalue weighted by Crippen LogP contribution is -2.07. The highest BCUT2D eigenvalue weighted by molar-refractivity contribution is 5.95. The first-order valence-electron chi connectivity index (χ1n) is 9.30. The number of hydrogen-bond acceptors (Lipinski definition) is 4. The number of aryl methyl sites for hydroxylation is 1. The Bertz CT molecular complexity index is 1170. The Balaban J connectivity index is 1.90. The third-order valence-electron chi connectivity index (χ3n) is 4.85. The Labute approximate surface area is 177 Å². The Morgan fingerprint density at radius 3 is 1.90 bits per heavy atom. The SMILES string of the molecule is Cc1cc(C=NCc2ccc(C(=O)O)cc2)c(C)n1-c1cc(C(=O)O)cc(C(=O)O)c1. The monoisotopic (exact) mass is 420 g/mol. The van der Waals surface area contributed by atoms with Gasteiger partial charge in [0.2, 0.25) is 0 Å². The predicted octanol–water partition coefficient (Wildman–Crippen LogP) is 3.81. The quantitative estimate of drug-likeness (QED) is 0.499. The third kappa shape index (κ3) is 4.69. The summed E-state index contributed by atoms with van der Waals surface area (Å²) in [6.07, 6.45) is 1.68. The van der Waals surface area contributed by atoms with Crippen LogP contribution >= 0.6 is 0 Å². The molecule has 3 rings (SSSR count). The number of carboxylic acid groups (broad SMARTS) is 3. The molecule has 1 aromatic heterocycles. The maximum absolute atomic E-state index is 11.4. The van der Waals surface area contributed by atoms with E-state index in [1.54, 1.807) is 22.9 Å². The topological polar surface area (TPSA) is 129 Å². The molecule has 0 radical (unpaired) electrons. The van der Waals surface area contributed by atoms with Gasteiger partial charge in [0.1, 0.15) is 0 Å². The molecule has 0 bridgehead atoms. The summed E-state index contributed by atoms with van der Waals surface area (Å²) in [5.41, 5.74) is 3.67. The smallest absolute Gasteiger partial charge is 0.335 e. The van der Waals surface area contributed by atoms with Gasteiger partial charge in [-0.2, -0.15) is 0 Å². The van der Waals surface area contributed by atoms with E-state index in [0.29, 0.717) is 12.2 Å². The number of benzene rings is 2. The van der Waals surface area contributed by atoms with Gasteiger partial charge in [0.15, 0.2) is 0 Å². The second kappa shape index (κ2) is 8.66. The highest BCUT2D eigenvalue weighted by atomic mass is 16.4. The summed E-state index contributed by atoms with van der Waals surface area (Å²) in [4.78, 5) is 38.2. The number of rotatable bonds is 7. The van der Waals surface area contributed by atoms with Gasteiger partial charge in [-0.05, 0) is 55.8 Å². The van der Waals surface area contributed by atoms with Crippen molar-refractivity contribution in [1.82, 2.24) is 4.57 Å². The van der Waals surface area contributed by atoms with Gasteiger partial charge in [-0.3, -0.25) is 4.99 Å². The average Bonchev–Trinajstić information content (AvgIpc) is 3.01. The number of hydrogen-bond donors (Lipinski definition) is 3. The molecule has 0 spiro atoms. The molecule has 0 aliphatic rings. The van der Waals surface area contributed by atoms with E-state index in [-0.39, 0.29) is 16.7 Å². The van der Waals surface area contributed by atoms with Gasteiger partial charge in [0.25, 0.3) is 0 Å². The minimum atomic E-state index is -1.21. The van der Waals surface area contributed by atoms with Crippen molar-refractivity contribution in [3.8, 4) is 5.69 Å². The Morgan fingerprint density at radius 2 is 1.39 bits per heavy atom. The molecule has 0 aliphatic heterocycles. The molecule has 0 saturated heterocycles. The number of carbonyl (C=O) groups is 3. The first-order chi connectivity index (χ1) is 14.7. The number of nitrogens with zero attached hydrogens (tertiary/aromatic N) is 2. The van der Waals surface area contributed by atoms with E-state index in [9.17, 15) is 24.6 Å². The van der Waals surface area contributed by atoms with Gasteiger partial charge in [0, 0.05) is 28.9 Å². The molecule has 31 heavy (non-hydrogen) atoms. The van der Waals surface area contributed by atoms with Crippen LogP contribution in [0.1, 0.15) is 53.6 Å². The standard InChI is InChI=1S/C23H20N2O6/c1-13-7-19(12-24-11-15-3-5-16(6-4-15)21(26)27)14(2)25(13)20-9-17(22(28)29)8-18(10-20)23(30)31/h3-10,12H,11H2,1-2H3,(H,26,27)(H,28,29)(H,30,31). The molecule has 3 N–H and O–H groups in total. The molecule has 3 aromatic rings. The molecule has 0 fully saturated rings. The van der Waals surface area contributed by atoms with Crippen LogP contribution in [0, 0.1) is 13.8 Å². The van der Waals surface area contributed by atoms with E-state index in [1.165, 1.54) is 24.3 Å². The molecule has 0 aliphatic carbocycles. The number of aromatic nitrogens is 1. The molecule has 158 valence electrons. The zero-order chi connectivity index (χ0) is 22.7. The van der Waals surface area contributed by atoms with Crippen molar-refractivity contribution < 1.29 is 29.7 Å². The third-order valence-corrected chi connectivity index (χ3v) is 4.85. The summed E-state index contributed by atoms with van der Waals surface area (Å²) < 4.78 is 1.78. The van der Waals surface area contributed by atoms with Crippen molar-refractivity contribution in [2.45, 2.75) is 20.4 Å². The maximum atomic E-state index is 11.4. The van der Waals surface area contributed by atoms with Crippen LogP contribution in [0.15, 0.2) is 53.5 Å². The fourth-order valence-corrected chi connectivity index (χ4v) is 3.30. The van der Waals surface area contributed by atoms with Crippen LogP contribution in [0.2, 0.25) is 0 Å². The summed E-state index contributed by atoms with van der Waals surface area (Å²) in [5, 5.41) is 27.6. The molecule has 0 saturated carbocycles. The molecular weight excluding hydrogens is 400 g/mol. The maximum Gasteiger partial charge on any atom is 0.335 e. The second-order valence-electron chi connectivity index (χ2n) is 7.01. The molecule has 1 heterocycles. The lowest BCUT2D eigenvalue weighted by Gasteiger charge is -2.12. The molecule has 0 amide bonds. The van der Waals surface area contributed by atoms with Gasteiger partial charge in [-0.1, -0.05) is 12.1 Å². The Hall–Kier alpha value is -4.20. The van der Waals surface area contributed by atoms with Crippen LogP contribution in [0.5, 0.6) is 0 Å². The number of carboxylic acids is 3. The predicted molar refractivity (Wildman–Crippen MR) is 114 cm³/mol. The lowest BCUT2D eigenvalue weighted by atomic mass is 10.1. The highest BCUT2D eigenvalue weighted by Gasteiger charge is 2.16. The highest BCUT2D eigenvalue weighted by Crippen LogP contribution is 2.23. The van der Waals surface area contributed by atoms with Gasteiger partial charge in [-0.15, -0.1) is 0 Å². The zero-order valence-corrected chi connectivity index (χ0v) is 16.9. The van der Waals surface area contributed by atoms with Crippen LogP contribution in [0.25, 0.3) is 5.69 Å². The zero-order valence-electron chi connectivity index (χ0n) is 16.9. The molecule has 0 unspecified atom stereocenters. The van der Waals surface area contributed by atoms with Crippen molar-refractivity contribution in [3.63, 3.8) is 0 Å². The van der Waals surface area contributed by atoms with Crippen molar-refractivity contribution in [1.29, 1.82) is 0 Å². The van der Waals surface area contributed by atoms with Gasteiger partial charge < -0.3 is 19.9 Å². The van der Waals surface area contributed by atoms with Gasteiger partial charge in [0.05, 0.1) is 23.2 Å². The molecule has 0 atom stereocenters. The van der Waals surface area contributed by atoms with Gasteiger partial charge >= 0.3 is 17.9 Å². The normalized spacial score (nSPS) is 11.0. The van der Waals surface area contributed by atoms with Crippen LogP contribution < -0.4 is 0 Å². The van der Waals surface area contributed by atoms with Crippen molar-refractivity contribution >= 4 is 24.1 Å². The Kier molecular flexibility index (Phi) is 6.01. The fraction of sp³-hybridized carbons (Fsp3) is 0.130. The van der Waals surface area contributed by atoms with E-state index in [2.05, 4.69) is 4.99 Å². The second-order valence-corrected chi connectivity index (χ2v) is 7.01. The minimum absolute atomic E-state index is 0.109. The first kappa shape index (κ1) is 21.5. The first-order valence-corrected chi connectivity index (χ1v) is 9.30.